The third kappa shape index (κ3) is 2.45. The quantitative estimate of drug-likeness (QED) is 0.547. The predicted molar refractivity (Wildman–Crippen MR) is 47.1 cm³/mol. The summed E-state index contributed by atoms with van der Waals surface area (Å²) in [6.45, 7) is 2.47. The average molecular weight is 145 g/mol. The molecule has 11 heavy (non-hydrogen) atoms. The Labute approximate surface area is 67.2 Å². The molecule has 1 rings (SSSR count). The van der Waals surface area contributed by atoms with E-state index < -0.39 is 0 Å². The van der Waals surface area contributed by atoms with E-state index in [9.17, 15) is 0 Å². The van der Waals surface area contributed by atoms with Crippen LogP contribution in [0.5, 0.6) is 0 Å². The highest BCUT2D eigenvalue weighted by Crippen LogP contribution is 2.01. The van der Waals surface area contributed by atoms with E-state index >= 15 is 0 Å². The summed E-state index contributed by atoms with van der Waals surface area (Å²) >= 11 is 0. The van der Waals surface area contributed by atoms with Crippen LogP contribution in [0.2, 0.25) is 0 Å². The van der Waals surface area contributed by atoms with Gasteiger partial charge in [-0.3, -0.25) is 0 Å². The molecule has 2 N–H and O–H groups in total. The molecule has 0 heterocycles. The molecule has 0 aliphatic heterocycles. The van der Waals surface area contributed by atoms with Crippen molar-refractivity contribution in [2.24, 2.45) is 5.73 Å². The Morgan fingerprint density at radius 1 is 1.45 bits per heavy atom. The average Bonchev–Trinajstić information content (AvgIpc) is 2.01. The molecule has 0 saturated heterocycles. The molecule has 0 aromatic heterocycles. The van der Waals surface area contributed by atoms with Crippen LogP contribution in [0.25, 0.3) is 0 Å². The van der Waals surface area contributed by atoms with Gasteiger partial charge in [0.1, 0.15) is 0 Å². The van der Waals surface area contributed by atoms with Gasteiger partial charge in [-0.05, 0) is 24.6 Å². The van der Waals surface area contributed by atoms with Crippen LogP contribution in [0.3, 0.4) is 0 Å². The molecule has 56 valence electrons. The molecular weight excluding hydrogens is 134 g/mol. The lowest BCUT2D eigenvalue weighted by Crippen LogP contribution is -1.92. The van der Waals surface area contributed by atoms with Crippen LogP contribution >= 0.6 is 0 Å². The summed E-state index contributed by atoms with van der Waals surface area (Å²) in [6.07, 6.45) is 0. The fourth-order valence-electron chi connectivity index (χ4n) is 0.876. The monoisotopic (exact) mass is 145 g/mol. The molecule has 0 atom stereocenters. The maximum absolute atomic E-state index is 5.24. The number of rotatable bonds is 0. The standard InChI is InChI=1S/C10H11N/c1-9-4-2-5-10(8-9)6-3-7-11/h2,4-5,8H,7,11H2,1H3. The van der Waals surface area contributed by atoms with Crippen LogP contribution in [-0.4, -0.2) is 6.54 Å². The third-order valence-electron chi connectivity index (χ3n) is 1.35. The fraction of sp³-hybridized carbons (Fsp3) is 0.200. The normalized spacial score (nSPS) is 8.55. The zero-order valence-electron chi connectivity index (χ0n) is 6.59. The van der Waals surface area contributed by atoms with Crippen molar-refractivity contribution in [2.75, 3.05) is 6.54 Å². The third-order valence-corrected chi connectivity index (χ3v) is 1.35. The minimum absolute atomic E-state index is 0.425. The summed E-state index contributed by atoms with van der Waals surface area (Å²) in [6, 6.07) is 8.07. The topological polar surface area (TPSA) is 26.0 Å². The number of hydrogen-bond donors (Lipinski definition) is 1. The van der Waals surface area contributed by atoms with Gasteiger partial charge in [-0.25, -0.2) is 0 Å². The Morgan fingerprint density at radius 2 is 2.27 bits per heavy atom. The first-order valence-electron chi connectivity index (χ1n) is 3.58. The van der Waals surface area contributed by atoms with Crippen molar-refractivity contribution in [2.45, 2.75) is 6.92 Å². The van der Waals surface area contributed by atoms with Crippen LogP contribution in [0, 0.1) is 18.8 Å². The molecule has 1 aromatic rings. The molecule has 1 aromatic carbocycles. The molecule has 0 amide bonds. The van der Waals surface area contributed by atoms with E-state index in [0.717, 1.165) is 5.56 Å². The summed E-state index contributed by atoms with van der Waals surface area (Å²) in [5, 5.41) is 0. The van der Waals surface area contributed by atoms with Gasteiger partial charge in [-0.1, -0.05) is 24.0 Å². The van der Waals surface area contributed by atoms with Gasteiger partial charge in [-0.15, -0.1) is 0 Å². The van der Waals surface area contributed by atoms with Gasteiger partial charge >= 0.3 is 0 Å². The maximum atomic E-state index is 5.24. The molecule has 1 heteroatoms. The van der Waals surface area contributed by atoms with Crippen molar-refractivity contribution in [3.63, 3.8) is 0 Å². The highest BCUT2D eigenvalue weighted by molar-refractivity contribution is 5.36. The lowest BCUT2D eigenvalue weighted by atomic mass is 10.1. The Morgan fingerprint density at radius 3 is 2.91 bits per heavy atom. The molecule has 0 aliphatic rings. The molecule has 0 radical (unpaired) electrons. The van der Waals surface area contributed by atoms with Crippen LogP contribution in [-0.2, 0) is 0 Å². The number of hydrogen-bond acceptors (Lipinski definition) is 1. The lowest BCUT2D eigenvalue weighted by Gasteiger charge is -1.91. The summed E-state index contributed by atoms with van der Waals surface area (Å²) in [4.78, 5) is 0. The van der Waals surface area contributed by atoms with E-state index in [2.05, 4.69) is 11.8 Å². The van der Waals surface area contributed by atoms with Crippen LogP contribution in [0.1, 0.15) is 11.1 Å². The van der Waals surface area contributed by atoms with E-state index in [1.54, 1.807) is 0 Å². The second-order valence-electron chi connectivity index (χ2n) is 2.38. The van der Waals surface area contributed by atoms with Crippen molar-refractivity contribution in [1.82, 2.24) is 0 Å². The second kappa shape index (κ2) is 3.80. The first kappa shape index (κ1) is 7.84. The van der Waals surface area contributed by atoms with Crippen molar-refractivity contribution in [3.05, 3.63) is 35.4 Å². The zero-order chi connectivity index (χ0) is 8.10. The van der Waals surface area contributed by atoms with Crippen LogP contribution < -0.4 is 5.73 Å². The molecule has 0 fully saturated rings. The van der Waals surface area contributed by atoms with Gasteiger partial charge in [-0.2, -0.15) is 0 Å². The second-order valence-corrected chi connectivity index (χ2v) is 2.38. The Balaban J connectivity index is 2.87. The molecular formula is C10H11N. The minimum Gasteiger partial charge on any atom is -0.320 e. The van der Waals surface area contributed by atoms with Crippen molar-refractivity contribution in [3.8, 4) is 11.8 Å². The Kier molecular flexibility index (Phi) is 2.71. The van der Waals surface area contributed by atoms with Crippen LogP contribution in [0.4, 0.5) is 0 Å². The highest BCUT2D eigenvalue weighted by atomic mass is 14.5. The fourth-order valence-corrected chi connectivity index (χ4v) is 0.876. The highest BCUT2D eigenvalue weighted by Gasteiger charge is 1.84. The van der Waals surface area contributed by atoms with Gasteiger partial charge in [0.15, 0.2) is 0 Å². The molecule has 0 bridgehead atoms. The predicted octanol–water partition coefficient (Wildman–Crippen LogP) is 1.31. The summed E-state index contributed by atoms with van der Waals surface area (Å²) in [5.74, 6) is 5.78. The molecule has 0 spiro atoms. The maximum Gasteiger partial charge on any atom is 0.0555 e. The molecule has 0 saturated carbocycles. The van der Waals surface area contributed by atoms with E-state index in [1.807, 2.05) is 31.2 Å². The number of nitrogens with two attached hydrogens (primary N) is 1. The van der Waals surface area contributed by atoms with Crippen molar-refractivity contribution in [1.29, 1.82) is 0 Å². The van der Waals surface area contributed by atoms with Gasteiger partial charge in [0.2, 0.25) is 0 Å². The molecule has 0 aliphatic carbocycles. The largest absolute Gasteiger partial charge is 0.320 e. The Hall–Kier alpha value is -1.26. The van der Waals surface area contributed by atoms with E-state index in [-0.39, 0.29) is 0 Å². The minimum atomic E-state index is 0.425. The van der Waals surface area contributed by atoms with Crippen molar-refractivity contribution < 1.29 is 0 Å². The van der Waals surface area contributed by atoms with E-state index in [1.165, 1.54) is 5.56 Å². The van der Waals surface area contributed by atoms with Gasteiger partial charge in [0, 0.05) is 5.56 Å². The summed E-state index contributed by atoms with van der Waals surface area (Å²) < 4.78 is 0. The number of aryl methyl sites for hydroxylation is 1. The Bertz CT molecular complexity index is 291. The first-order chi connectivity index (χ1) is 5.33. The van der Waals surface area contributed by atoms with Gasteiger partial charge in [0.25, 0.3) is 0 Å². The van der Waals surface area contributed by atoms with Gasteiger partial charge < -0.3 is 5.73 Å². The summed E-state index contributed by atoms with van der Waals surface area (Å²) in [5.41, 5.74) is 7.51. The van der Waals surface area contributed by atoms with Crippen LogP contribution in [0.15, 0.2) is 24.3 Å². The van der Waals surface area contributed by atoms with Gasteiger partial charge in [0.05, 0.1) is 6.54 Å². The van der Waals surface area contributed by atoms with Crippen molar-refractivity contribution >= 4 is 0 Å². The number of benzene rings is 1. The smallest absolute Gasteiger partial charge is 0.0555 e. The lowest BCUT2D eigenvalue weighted by molar-refractivity contribution is 1.30. The van der Waals surface area contributed by atoms with E-state index in [0.29, 0.717) is 6.54 Å². The van der Waals surface area contributed by atoms with E-state index in [4.69, 9.17) is 5.73 Å². The molecule has 0 unspecified atom stereocenters. The zero-order valence-corrected chi connectivity index (χ0v) is 6.59. The SMILES string of the molecule is Cc1cccc(C#CCN)c1. The first-order valence-corrected chi connectivity index (χ1v) is 3.58. The summed E-state index contributed by atoms with van der Waals surface area (Å²) in [7, 11) is 0. The molecule has 1 nitrogen and oxygen atoms in total.